The second kappa shape index (κ2) is 2.89. The fourth-order valence-electron chi connectivity index (χ4n) is 1.09. The van der Waals surface area contributed by atoms with Gasteiger partial charge >= 0.3 is 0 Å². The molecule has 2 heterocycles. The van der Waals surface area contributed by atoms with Crippen LogP contribution in [0.5, 0.6) is 0 Å². The molecular formula is C7H10N6. The van der Waals surface area contributed by atoms with Crippen LogP contribution >= 0.6 is 0 Å². The zero-order valence-corrected chi connectivity index (χ0v) is 7.23. The number of nitrogens with two attached hydrogens (primary N) is 1. The Labute approximate surface area is 74.8 Å². The summed E-state index contributed by atoms with van der Waals surface area (Å²) in [5, 5.41) is 10.6. The smallest absolute Gasteiger partial charge is 0.239 e. The van der Waals surface area contributed by atoms with Gasteiger partial charge in [0.05, 0.1) is 5.69 Å². The molecule has 0 spiro atoms. The molecule has 0 aromatic carbocycles. The Kier molecular flexibility index (Phi) is 1.73. The summed E-state index contributed by atoms with van der Waals surface area (Å²) < 4.78 is 1.77. The first kappa shape index (κ1) is 7.78. The lowest BCUT2D eigenvalue weighted by atomic mass is 10.5. The van der Waals surface area contributed by atoms with Crippen LogP contribution in [0.4, 0.5) is 5.95 Å². The average Bonchev–Trinajstić information content (AvgIpc) is 2.62. The lowest BCUT2D eigenvalue weighted by Gasteiger charge is -1.95. The third-order valence-electron chi connectivity index (χ3n) is 1.63. The summed E-state index contributed by atoms with van der Waals surface area (Å²) in [6.07, 6.45) is 1.88. The highest BCUT2D eigenvalue weighted by molar-refractivity contribution is 5.12. The van der Waals surface area contributed by atoms with Gasteiger partial charge in [-0.2, -0.15) is 10.1 Å². The number of aromatic amines is 1. The van der Waals surface area contributed by atoms with Crippen LogP contribution in [0.25, 0.3) is 0 Å². The van der Waals surface area contributed by atoms with Gasteiger partial charge in [-0.15, -0.1) is 5.10 Å². The fourth-order valence-corrected chi connectivity index (χ4v) is 1.09. The number of H-pyrrole nitrogens is 1. The number of anilines is 1. The second-order valence-electron chi connectivity index (χ2n) is 2.80. The Morgan fingerprint density at radius 2 is 2.46 bits per heavy atom. The molecule has 0 fully saturated rings. The zero-order valence-electron chi connectivity index (χ0n) is 7.23. The normalized spacial score (nSPS) is 10.5. The molecule has 13 heavy (non-hydrogen) atoms. The fraction of sp³-hybridized carbons (Fsp3) is 0.286. The van der Waals surface area contributed by atoms with Crippen molar-refractivity contribution in [2.24, 2.45) is 0 Å². The molecule has 0 atom stereocenters. The average molecular weight is 178 g/mol. The number of aryl methyl sites for hydroxylation is 1. The molecule has 0 bridgehead atoms. The minimum Gasteiger partial charge on any atom is -0.367 e. The van der Waals surface area contributed by atoms with E-state index in [4.69, 9.17) is 5.73 Å². The molecule has 0 amide bonds. The Balaban J connectivity index is 2.14. The standard InChI is InChI=1S/C7H10N6/c1-5-2-3-13(12-5)4-6-9-7(8)11-10-6/h2-3H,4H2,1H3,(H3,8,9,10,11). The van der Waals surface area contributed by atoms with Gasteiger partial charge < -0.3 is 5.73 Å². The van der Waals surface area contributed by atoms with E-state index in [0.29, 0.717) is 12.4 Å². The van der Waals surface area contributed by atoms with Crippen molar-refractivity contribution < 1.29 is 0 Å². The number of rotatable bonds is 2. The quantitative estimate of drug-likeness (QED) is 0.674. The molecule has 68 valence electrons. The first-order valence-corrected chi connectivity index (χ1v) is 3.91. The van der Waals surface area contributed by atoms with Crippen molar-refractivity contribution in [1.82, 2.24) is 25.0 Å². The van der Waals surface area contributed by atoms with Gasteiger partial charge in [-0.05, 0) is 13.0 Å². The van der Waals surface area contributed by atoms with E-state index in [-0.39, 0.29) is 5.95 Å². The van der Waals surface area contributed by atoms with E-state index >= 15 is 0 Å². The number of nitrogens with zero attached hydrogens (tertiary/aromatic N) is 4. The van der Waals surface area contributed by atoms with Crippen LogP contribution < -0.4 is 5.73 Å². The number of hydrogen-bond donors (Lipinski definition) is 2. The summed E-state index contributed by atoms with van der Waals surface area (Å²) in [4.78, 5) is 3.97. The summed E-state index contributed by atoms with van der Waals surface area (Å²) in [5.41, 5.74) is 6.33. The van der Waals surface area contributed by atoms with Crippen molar-refractivity contribution in [1.29, 1.82) is 0 Å². The van der Waals surface area contributed by atoms with Gasteiger partial charge in [0.1, 0.15) is 12.4 Å². The van der Waals surface area contributed by atoms with Crippen LogP contribution in [0.2, 0.25) is 0 Å². The van der Waals surface area contributed by atoms with Crippen LogP contribution in [0.3, 0.4) is 0 Å². The molecule has 0 unspecified atom stereocenters. The predicted octanol–water partition coefficient (Wildman–Crippen LogP) is -0.0599. The van der Waals surface area contributed by atoms with Gasteiger partial charge in [-0.25, -0.2) is 0 Å². The Morgan fingerprint density at radius 1 is 1.62 bits per heavy atom. The molecule has 0 radical (unpaired) electrons. The monoisotopic (exact) mass is 178 g/mol. The summed E-state index contributed by atoms with van der Waals surface area (Å²) in [5.74, 6) is 0.972. The van der Waals surface area contributed by atoms with Gasteiger partial charge in [0.15, 0.2) is 0 Å². The molecular weight excluding hydrogens is 168 g/mol. The van der Waals surface area contributed by atoms with Gasteiger partial charge in [0.25, 0.3) is 0 Å². The molecule has 2 aromatic rings. The summed E-state index contributed by atoms with van der Waals surface area (Å²) in [7, 11) is 0. The van der Waals surface area contributed by atoms with Gasteiger partial charge in [-0.1, -0.05) is 0 Å². The Morgan fingerprint density at radius 3 is 3.00 bits per heavy atom. The maximum atomic E-state index is 5.35. The molecule has 0 aliphatic carbocycles. The first-order chi connectivity index (χ1) is 6.24. The first-order valence-electron chi connectivity index (χ1n) is 3.91. The van der Waals surface area contributed by atoms with Crippen LogP contribution in [0.15, 0.2) is 12.3 Å². The molecule has 6 heteroatoms. The van der Waals surface area contributed by atoms with E-state index in [1.54, 1.807) is 4.68 Å². The number of aromatic nitrogens is 5. The summed E-state index contributed by atoms with van der Waals surface area (Å²) in [6, 6.07) is 1.93. The van der Waals surface area contributed by atoms with Crippen molar-refractivity contribution in [3.05, 3.63) is 23.8 Å². The Bertz CT molecular complexity index is 362. The van der Waals surface area contributed by atoms with Crippen molar-refractivity contribution in [2.75, 3.05) is 5.73 Å². The maximum Gasteiger partial charge on any atom is 0.239 e. The molecule has 0 saturated carbocycles. The highest BCUT2D eigenvalue weighted by Gasteiger charge is 2.00. The minimum absolute atomic E-state index is 0.263. The van der Waals surface area contributed by atoms with Crippen LogP contribution in [-0.4, -0.2) is 25.0 Å². The second-order valence-corrected chi connectivity index (χ2v) is 2.80. The van der Waals surface area contributed by atoms with Gasteiger partial charge in [0.2, 0.25) is 5.95 Å². The van der Waals surface area contributed by atoms with E-state index < -0.39 is 0 Å². The van der Waals surface area contributed by atoms with Crippen molar-refractivity contribution in [3.63, 3.8) is 0 Å². The highest BCUT2D eigenvalue weighted by Crippen LogP contribution is 1.98. The molecule has 3 N–H and O–H groups in total. The molecule has 0 saturated heterocycles. The highest BCUT2D eigenvalue weighted by atomic mass is 15.3. The number of nitrogens with one attached hydrogen (secondary N) is 1. The number of nitrogen functional groups attached to an aromatic ring is 1. The van der Waals surface area contributed by atoms with Crippen LogP contribution in [-0.2, 0) is 6.54 Å². The van der Waals surface area contributed by atoms with E-state index in [1.165, 1.54) is 0 Å². The zero-order chi connectivity index (χ0) is 9.26. The third kappa shape index (κ3) is 1.66. The van der Waals surface area contributed by atoms with Crippen LogP contribution in [0, 0.1) is 6.92 Å². The molecule has 2 rings (SSSR count). The Hall–Kier alpha value is -1.85. The molecule has 0 aliphatic heterocycles. The SMILES string of the molecule is Cc1ccn(Cc2nc(N)n[nH]2)n1. The maximum absolute atomic E-state index is 5.35. The van der Waals surface area contributed by atoms with E-state index in [9.17, 15) is 0 Å². The van der Waals surface area contributed by atoms with E-state index in [1.807, 2.05) is 19.2 Å². The molecule has 0 aliphatic rings. The van der Waals surface area contributed by atoms with Crippen LogP contribution in [0.1, 0.15) is 11.5 Å². The van der Waals surface area contributed by atoms with Gasteiger partial charge in [-0.3, -0.25) is 9.78 Å². The lowest BCUT2D eigenvalue weighted by Crippen LogP contribution is -2.02. The van der Waals surface area contributed by atoms with E-state index in [2.05, 4.69) is 20.3 Å². The van der Waals surface area contributed by atoms with Crippen molar-refractivity contribution >= 4 is 5.95 Å². The predicted molar refractivity (Wildman–Crippen MR) is 46.9 cm³/mol. The lowest BCUT2D eigenvalue weighted by molar-refractivity contribution is 0.652. The largest absolute Gasteiger partial charge is 0.367 e. The minimum atomic E-state index is 0.263. The third-order valence-corrected chi connectivity index (χ3v) is 1.63. The molecule has 2 aromatic heterocycles. The van der Waals surface area contributed by atoms with Crippen molar-refractivity contribution in [3.8, 4) is 0 Å². The van der Waals surface area contributed by atoms with Gasteiger partial charge in [0, 0.05) is 6.20 Å². The summed E-state index contributed by atoms with van der Waals surface area (Å²) >= 11 is 0. The summed E-state index contributed by atoms with van der Waals surface area (Å²) in [6.45, 7) is 2.50. The van der Waals surface area contributed by atoms with E-state index in [0.717, 1.165) is 5.69 Å². The van der Waals surface area contributed by atoms with Crippen molar-refractivity contribution in [2.45, 2.75) is 13.5 Å². The molecule has 6 nitrogen and oxygen atoms in total. The number of hydrogen-bond acceptors (Lipinski definition) is 4. The topological polar surface area (TPSA) is 85.4 Å².